The van der Waals surface area contributed by atoms with E-state index < -0.39 is 0 Å². The summed E-state index contributed by atoms with van der Waals surface area (Å²) in [5.41, 5.74) is 1.46. The summed E-state index contributed by atoms with van der Waals surface area (Å²) < 4.78 is 21.0. The van der Waals surface area contributed by atoms with Crippen molar-refractivity contribution < 1.29 is 23.7 Å². The van der Waals surface area contributed by atoms with E-state index in [2.05, 4.69) is 10.6 Å². The first-order valence-corrected chi connectivity index (χ1v) is 8.57. The second kappa shape index (κ2) is 9.78. The van der Waals surface area contributed by atoms with Gasteiger partial charge in [0.15, 0.2) is 11.5 Å². The fourth-order valence-electron chi connectivity index (χ4n) is 2.52. The number of anilines is 1. The highest BCUT2D eigenvalue weighted by Gasteiger charge is 2.12. The quantitative estimate of drug-likeness (QED) is 0.713. The topological polar surface area (TPSA) is 78.1 Å². The van der Waals surface area contributed by atoms with Gasteiger partial charge in [0.2, 0.25) is 0 Å². The van der Waals surface area contributed by atoms with E-state index in [0.29, 0.717) is 46.7 Å². The Morgan fingerprint density at radius 2 is 1.52 bits per heavy atom. The molecular weight excluding hydrogens is 372 g/mol. The van der Waals surface area contributed by atoms with Crippen molar-refractivity contribution in [3.05, 3.63) is 40.9 Å². The van der Waals surface area contributed by atoms with Gasteiger partial charge >= 0.3 is 6.03 Å². The van der Waals surface area contributed by atoms with Crippen LogP contribution in [0.4, 0.5) is 10.5 Å². The number of rotatable bonds is 8. The predicted molar refractivity (Wildman–Crippen MR) is 105 cm³/mol. The van der Waals surface area contributed by atoms with Crippen LogP contribution in [0.3, 0.4) is 0 Å². The van der Waals surface area contributed by atoms with Gasteiger partial charge in [0.1, 0.15) is 11.5 Å². The molecule has 0 atom stereocenters. The molecule has 0 aliphatic carbocycles. The molecule has 0 saturated carbocycles. The predicted octanol–water partition coefficient (Wildman–Crippen LogP) is 3.74. The number of hydrogen-bond donors (Lipinski definition) is 2. The number of ether oxygens (including phenoxy) is 4. The van der Waals surface area contributed by atoms with E-state index >= 15 is 0 Å². The van der Waals surface area contributed by atoms with Gasteiger partial charge in [-0.3, -0.25) is 0 Å². The third kappa shape index (κ3) is 5.34. The number of carbonyl (C=O) groups excluding carboxylic acids is 1. The summed E-state index contributed by atoms with van der Waals surface area (Å²) >= 11 is 6.05. The maximum absolute atomic E-state index is 12.1. The second-order valence-electron chi connectivity index (χ2n) is 5.50. The van der Waals surface area contributed by atoms with Gasteiger partial charge in [0.25, 0.3) is 0 Å². The third-order valence-electron chi connectivity index (χ3n) is 3.88. The number of amides is 2. The molecular formula is C19H23ClN2O5. The number of nitrogens with one attached hydrogen (secondary N) is 2. The second-order valence-corrected chi connectivity index (χ2v) is 5.91. The van der Waals surface area contributed by atoms with Gasteiger partial charge < -0.3 is 29.6 Å². The molecule has 146 valence electrons. The summed E-state index contributed by atoms with van der Waals surface area (Å²) in [5.74, 6) is 2.39. The number of benzene rings is 2. The first kappa shape index (κ1) is 20.5. The van der Waals surface area contributed by atoms with Crippen molar-refractivity contribution in [2.24, 2.45) is 0 Å². The Labute approximate surface area is 163 Å². The van der Waals surface area contributed by atoms with Crippen molar-refractivity contribution in [3.8, 4) is 23.0 Å². The average molecular weight is 395 g/mol. The normalized spacial score (nSPS) is 10.1. The largest absolute Gasteiger partial charge is 0.496 e. The molecule has 2 aromatic carbocycles. The summed E-state index contributed by atoms with van der Waals surface area (Å²) in [6, 6.07) is 8.27. The lowest BCUT2D eigenvalue weighted by atomic mass is 10.1. The lowest BCUT2D eigenvalue weighted by Gasteiger charge is -2.14. The minimum atomic E-state index is -0.337. The third-order valence-corrected chi connectivity index (χ3v) is 4.17. The summed E-state index contributed by atoms with van der Waals surface area (Å²) in [4.78, 5) is 12.1. The number of halogens is 1. The molecule has 2 N–H and O–H groups in total. The molecule has 0 unspecified atom stereocenters. The summed E-state index contributed by atoms with van der Waals surface area (Å²) in [5, 5.41) is 5.94. The maximum atomic E-state index is 12.1. The van der Waals surface area contributed by atoms with Gasteiger partial charge in [-0.2, -0.15) is 0 Å². The van der Waals surface area contributed by atoms with E-state index in [1.54, 1.807) is 45.6 Å². The summed E-state index contributed by atoms with van der Waals surface area (Å²) in [6.45, 7) is 0.404. The molecule has 2 amide bonds. The van der Waals surface area contributed by atoms with E-state index in [1.165, 1.54) is 7.11 Å². The highest BCUT2D eigenvalue weighted by Crippen LogP contribution is 2.34. The van der Waals surface area contributed by atoms with Crippen molar-refractivity contribution in [3.63, 3.8) is 0 Å². The Balaban J connectivity index is 1.95. The van der Waals surface area contributed by atoms with Crippen LogP contribution in [-0.2, 0) is 6.42 Å². The van der Waals surface area contributed by atoms with E-state index in [-0.39, 0.29) is 6.03 Å². The Hall–Kier alpha value is -2.80. The van der Waals surface area contributed by atoms with Gasteiger partial charge in [0, 0.05) is 18.3 Å². The van der Waals surface area contributed by atoms with Crippen molar-refractivity contribution >= 4 is 23.3 Å². The summed E-state index contributed by atoms with van der Waals surface area (Å²) in [7, 11) is 6.25. The SMILES string of the molecule is COc1ccc(NC(=O)NCCc2cc(OC)c(OC)cc2OC)cc1Cl. The van der Waals surface area contributed by atoms with Crippen LogP contribution in [0.15, 0.2) is 30.3 Å². The van der Waals surface area contributed by atoms with Crippen molar-refractivity contribution in [1.29, 1.82) is 0 Å². The molecule has 27 heavy (non-hydrogen) atoms. The number of urea groups is 1. The zero-order chi connectivity index (χ0) is 19.8. The molecule has 0 fully saturated rings. The Morgan fingerprint density at radius 3 is 2.11 bits per heavy atom. The van der Waals surface area contributed by atoms with Crippen LogP contribution in [-0.4, -0.2) is 41.0 Å². The molecule has 0 bridgehead atoms. The fraction of sp³-hybridized carbons (Fsp3) is 0.316. The van der Waals surface area contributed by atoms with Gasteiger partial charge in [0.05, 0.1) is 33.5 Å². The lowest BCUT2D eigenvalue weighted by Crippen LogP contribution is -2.30. The maximum Gasteiger partial charge on any atom is 0.319 e. The fourth-order valence-corrected chi connectivity index (χ4v) is 2.78. The van der Waals surface area contributed by atoms with Crippen molar-refractivity contribution in [2.75, 3.05) is 40.3 Å². The van der Waals surface area contributed by atoms with Gasteiger partial charge in [-0.15, -0.1) is 0 Å². The van der Waals surface area contributed by atoms with Crippen LogP contribution >= 0.6 is 11.6 Å². The molecule has 7 nitrogen and oxygen atoms in total. The van der Waals surface area contributed by atoms with Gasteiger partial charge in [-0.1, -0.05) is 11.6 Å². The monoisotopic (exact) mass is 394 g/mol. The lowest BCUT2D eigenvalue weighted by molar-refractivity contribution is 0.252. The van der Waals surface area contributed by atoms with Crippen LogP contribution in [0.5, 0.6) is 23.0 Å². The van der Waals surface area contributed by atoms with Crippen LogP contribution in [0.2, 0.25) is 5.02 Å². The minimum Gasteiger partial charge on any atom is -0.496 e. The smallest absolute Gasteiger partial charge is 0.319 e. The standard InChI is InChI=1S/C19H23ClN2O5/c1-24-15-6-5-13(10-14(15)20)22-19(23)21-8-7-12-9-17(26-3)18(27-4)11-16(12)25-2/h5-6,9-11H,7-8H2,1-4H3,(H2,21,22,23). The number of carbonyl (C=O) groups is 1. The Morgan fingerprint density at radius 1 is 0.889 bits per heavy atom. The molecule has 8 heteroatoms. The van der Waals surface area contributed by atoms with E-state index in [9.17, 15) is 4.79 Å². The van der Waals surface area contributed by atoms with Crippen molar-refractivity contribution in [2.45, 2.75) is 6.42 Å². The number of hydrogen-bond acceptors (Lipinski definition) is 5. The molecule has 0 aromatic heterocycles. The summed E-state index contributed by atoms with van der Waals surface area (Å²) in [6.07, 6.45) is 0.556. The highest BCUT2D eigenvalue weighted by molar-refractivity contribution is 6.32. The molecule has 2 rings (SSSR count). The van der Waals surface area contributed by atoms with Gasteiger partial charge in [-0.25, -0.2) is 4.79 Å². The molecule has 2 aromatic rings. The zero-order valence-electron chi connectivity index (χ0n) is 15.7. The van der Waals surface area contributed by atoms with E-state index in [4.69, 9.17) is 30.5 Å². The Kier molecular flexibility index (Phi) is 7.43. The molecule has 0 spiro atoms. The first-order chi connectivity index (χ1) is 13.0. The van der Waals surface area contributed by atoms with Crippen LogP contribution in [0, 0.1) is 0 Å². The van der Waals surface area contributed by atoms with E-state index in [1.807, 2.05) is 6.07 Å². The van der Waals surface area contributed by atoms with Crippen LogP contribution < -0.4 is 29.6 Å². The van der Waals surface area contributed by atoms with Crippen molar-refractivity contribution in [1.82, 2.24) is 5.32 Å². The minimum absolute atomic E-state index is 0.337. The Bertz CT molecular complexity index is 798. The van der Waals surface area contributed by atoms with E-state index in [0.717, 1.165) is 5.56 Å². The molecule has 0 aliphatic rings. The molecule has 0 heterocycles. The van der Waals surface area contributed by atoms with Crippen LogP contribution in [0.1, 0.15) is 5.56 Å². The molecule has 0 radical (unpaired) electrons. The van der Waals surface area contributed by atoms with Gasteiger partial charge in [-0.05, 0) is 36.2 Å². The average Bonchev–Trinajstić information content (AvgIpc) is 2.67. The highest BCUT2D eigenvalue weighted by atomic mass is 35.5. The zero-order valence-corrected chi connectivity index (χ0v) is 16.5. The molecule has 0 saturated heterocycles. The van der Waals surface area contributed by atoms with Crippen LogP contribution in [0.25, 0.3) is 0 Å². The number of methoxy groups -OCH3 is 4. The molecule has 0 aliphatic heterocycles. The first-order valence-electron chi connectivity index (χ1n) is 8.19.